The molecule has 0 spiro atoms. The van der Waals surface area contributed by atoms with Gasteiger partial charge < -0.3 is 21.1 Å². The van der Waals surface area contributed by atoms with Crippen LogP contribution >= 0.6 is 15.9 Å². The molecule has 2 rings (SSSR count). The van der Waals surface area contributed by atoms with Crippen LogP contribution in [0.3, 0.4) is 0 Å². The van der Waals surface area contributed by atoms with Crippen molar-refractivity contribution in [1.82, 2.24) is 16.0 Å². The number of hydrogen-bond donors (Lipinski definition) is 4. The van der Waals surface area contributed by atoms with E-state index in [1.54, 1.807) is 19.2 Å². The predicted octanol–water partition coefficient (Wildman–Crippen LogP) is 2.51. The van der Waals surface area contributed by atoms with Gasteiger partial charge in [-0.3, -0.25) is 9.79 Å². The lowest BCUT2D eigenvalue weighted by atomic mass is 10.0. The number of carbonyl (C=O) groups excluding carboxylic acids is 1. The largest absolute Gasteiger partial charge is 0.396 e. The van der Waals surface area contributed by atoms with Crippen molar-refractivity contribution in [1.29, 1.82) is 0 Å². The molecule has 0 aromatic heterocycles. The lowest BCUT2D eigenvalue weighted by Crippen LogP contribution is -2.41. The van der Waals surface area contributed by atoms with Crippen molar-refractivity contribution in [2.45, 2.75) is 12.3 Å². The minimum absolute atomic E-state index is 0.00458. The van der Waals surface area contributed by atoms with Gasteiger partial charge in [0.05, 0.1) is 6.61 Å². The third-order valence-corrected chi connectivity index (χ3v) is 4.80. The highest BCUT2D eigenvalue weighted by Gasteiger charge is 2.10. The Kier molecular flexibility index (Phi) is 9.51. The second-order valence-corrected chi connectivity index (χ2v) is 7.20. The SMILES string of the molecule is CN=C(NCCCNC(=O)c1ccc(Br)cc1)NCC(CO)c1ccccc1. The van der Waals surface area contributed by atoms with E-state index < -0.39 is 0 Å². The fourth-order valence-electron chi connectivity index (χ4n) is 2.65. The molecule has 0 heterocycles. The molecule has 7 heteroatoms. The van der Waals surface area contributed by atoms with Crippen LogP contribution in [0, 0.1) is 0 Å². The number of carbonyl (C=O) groups is 1. The van der Waals surface area contributed by atoms with E-state index in [1.807, 2.05) is 42.5 Å². The normalized spacial score (nSPS) is 12.3. The van der Waals surface area contributed by atoms with Gasteiger partial charge in [0.15, 0.2) is 5.96 Å². The Morgan fingerprint density at radius 1 is 1.04 bits per heavy atom. The molecule has 0 saturated heterocycles. The minimum atomic E-state index is -0.0799. The Labute approximate surface area is 174 Å². The molecule has 1 unspecified atom stereocenters. The smallest absolute Gasteiger partial charge is 0.251 e. The van der Waals surface area contributed by atoms with Crippen LogP contribution in [0.2, 0.25) is 0 Å². The third kappa shape index (κ3) is 7.32. The van der Waals surface area contributed by atoms with Crippen LogP contribution in [-0.2, 0) is 0 Å². The standard InChI is InChI=1S/C21H27BrN4O2/c1-23-21(26-14-18(15-27)16-6-3-2-4-7-16)25-13-5-12-24-20(28)17-8-10-19(22)11-9-17/h2-4,6-11,18,27H,5,12-15H2,1H3,(H,24,28)(H2,23,25,26). The maximum Gasteiger partial charge on any atom is 0.251 e. The number of halogens is 1. The fourth-order valence-corrected chi connectivity index (χ4v) is 2.92. The number of nitrogens with one attached hydrogen (secondary N) is 3. The molecule has 150 valence electrons. The first-order chi connectivity index (χ1) is 13.6. The van der Waals surface area contributed by atoms with Gasteiger partial charge in [-0.2, -0.15) is 0 Å². The molecule has 0 aliphatic rings. The van der Waals surface area contributed by atoms with Crippen LogP contribution in [0.5, 0.6) is 0 Å². The van der Waals surface area contributed by atoms with E-state index in [9.17, 15) is 9.90 Å². The van der Waals surface area contributed by atoms with Gasteiger partial charge in [-0.1, -0.05) is 46.3 Å². The van der Waals surface area contributed by atoms with E-state index in [1.165, 1.54) is 0 Å². The second-order valence-electron chi connectivity index (χ2n) is 6.29. The molecule has 0 fully saturated rings. The Hall–Kier alpha value is -2.38. The summed E-state index contributed by atoms with van der Waals surface area (Å²) in [6, 6.07) is 17.2. The van der Waals surface area contributed by atoms with Crippen molar-refractivity contribution < 1.29 is 9.90 Å². The van der Waals surface area contributed by atoms with Crippen molar-refractivity contribution in [3.8, 4) is 0 Å². The Morgan fingerprint density at radius 3 is 2.36 bits per heavy atom. The van der Waals surface area contributed by atoms with Crippen LogP contribution in [0.25, 0.3) is 0 Å². The zero-order chi connectivity index (χ0) is 20.2. The molecule has 0 radical (unpaired) electrons. The maximum absolute atomic E-state index is 12.0. The van der Waals surface area contributed by atoms with Gasteiger partial charge in [0.25, 0.3) is 5.91 Å². The average Bonchev–Trinajstić information content (AvgIpc) is 2.73. The Morgan fingerprint density at radius 2 is 1.71 bits per heavy atom. The summed E-state index contributed by atoms with van der Waals surface area (Å²) in [5, 5.41) is 19.0. The maximum atomic E-state index is 12.0. The summed E-state index contributed by atoms with van der Waals surface area (Å²) >= 11 is 3.36. The van der Waals surface area contributed by atoms with E-state index in [-0.39, 0.29) is 18.4 Å². The summed E-state index contributed by atoms with van der Waals surface area (Å²) < 4.78 is 0.947. The summed E-state index contributed by atoms with van der Waals surface area (Å²) in [7, 11) is 1.71. The molecule has 28 heavy (non-hydrogen) atoms. The van der Waals surface area contributed by atoms with Crippen molar-refractivity contribution in [2.75, 3.05) is 33.3 Å². The monoisotopic (exact) mass is 446 g/mol. The van der Waals surface area contributed by atoms with Gasteiger partial charge in [0, 0.05) is 42.6 Å². The Balaban J connectivity index is 1.66. The topological polar surface area (TPSA) is 85.8 Å². The lowest BCUT2D eigenvalue weighted by molar-refractivity contribution is 0.0953. The van der Waals surface area contributed by atoms with Gasteiger partial charge in [-0.05, 0) is 36.2 Å². The highest BCUT2D eigenvalue weighted by atomic mass is 79.9. The van der Waals surface area contributed by atoms with E-state index in [0.717, 1.165) is 16.5 Å². The van der Waals surface area contributed by atoms with Crippen LogP contribution in [-0.4, -0.2) is 50.3 Å². The molecule has 6 nitrogen and oxygen atoms in total. The molecule has 2 aromatic rings. The summed E-state index contributed by atoms with van der Waals surface area (Å²) in [6.07, 6.45) is 0.769. The Bertz CT molecular complexity index is 751. The van der Waals surface area contributed by atoms with E-state index in [4.69, 9.17) is 0 Å². The van der Waals surface area contributed by atoms with Crippen molar-refractivity contribution in [3.63, 3.8) is 0 Å². The molecule has 0 aliphatic heterocycles. The second kappa shape index (κ2) is 12.2. The summed E-state index contributed by atoms with van der Waals surface area (Å²) in [5.74, 6) is 0.599. The summed E-state index contributed by atoms with van der Waals surface area (Å²) in [5.41, 5.74) is 1.73. The third-order valence-electron chi connectivity index (χ3n) is 4.27. The highest BCUT2D eigenvalue weighted by molar-refractivity contribution is 9.10. The zero-order valence-corrected chi connectivity index (χ0v) is 17.6. The number of aliphatic imine (C=N–C) groups is 1. The van der Waals surface area contributed by atoms with Crippen molar-refractivity contribution in [3.05, 3.63) is 70.2 Å². The number of hydrogen-bond acceptors (Lipinski definition) is 3. The molecule has 1 amide bonds. The van der Waals surface area contributed by atoms with Crippen LogP contribution in [0.1, 0.15) is 28.3 Å². The molecule has 1 atom stereocenters. The fraction of sp³-hybridized carbons (Fsp3) is 0.333. The van der Waals surface area contributed by atoms with Gasteiger partial charge in [0.2, 0.25) is 0 Å². The average molecular weight is 447 g/mol. The summed E-state index contributed by atoms with van der Waals surface area (Å²) in [4.78, 5) is 16.2. The first-order valence-electron chi connectivity index (χ1n) is 9.28. The number of nitrogens with zero attached hydrogens (tertiary/aromatic N) is 1. The number of benzene rings is 2. The number of guanidine groups is 1. The number of amides is 1. The quantitative estimate of drug-likeness (QED) is 0.270. The molecular weight excluding hydrogens is 420 g/mol. The first kappa shape index (κ1) is 21.9. The van der Waals surface area contributed by atoms with E-state index in [0.29, 0.717) is 31.2 Å². The molecule has 0 saturated carbocycles. The van der Waals surface area contributed by atoms with Gasteiger partial charge in [-0.15, -0.1) is 0 Å². The minimum Gasteiger partial charge on any atom is -0.396 e. The number of aliphatic hydroxyl groups excluding tert-OH is 1. The number of rotatable bonds is 9. The summed E-state index contributed by atoms with van der Waals surface area (Å²) in [6.45, 7) is 1.90. The molecule has 4 N–H and O–H groups in total. The molecule has 0 aliphatic carbocycles. The zero-order valence-electron chi connectivity index (χ0n) is 16.0. The van der Waals surface area contributed by atoms with Crippen molar-refractivity contribution in [2.24, 2.45) is 4.99 Å². The van der Waals surface area contributed by atoms with Gasteiger partial charge in [-0.25, -0.2) is 0 Å². The van der Waals surface area contributed by atoms with E-state index in [2.05, 4.69) is 36.9 Å². The van der Waals surface area contributed by atoms with Crippen LogP contribution in [0.15, 0.2) is 64.1 Å². The van der Waals surface area contributed by atoms with Gasteiger partial charge >= 0.3 is 0 Å². The van der Waals surface area contributed by atoms with E-state index >= 15 is 0 Å². The molecule has 0 bridgehead atoms. The molecular formula is C21H27BrN4O2. The molecule has 2 aromatic carbocycles. The predicted molar refractivity (Wildman–Crippen MR) is 117 cm³/mol. The van der Waals surface area contributed by atoms with Gasteiger partial charge in [0.1, 0.15) is 0 Å². The highest BCUT2D eigenvalue weighted by Crippen LogP contribution is 2.13. The van der Waals surface area contributed by atoms with Crippen LogP contribution < -0.4 is 16.0 Å². The number of aliphatic hydroxyl groups is 1. The first-order valence-corrected chi connectivity index (χ1v) is 10.1. The van der Waals surface area contributed by atoms with Crippen molar-refractivity contribution >= 4 is 27.8 Å². The van der Waals surface area contributed by atoms with Crippen LogP contribution in [0.4, 0.5) is 0 Å². The lowest BCUT2D eigenvalue weighted by Gasteiger charge is -2.18.